The van der Waals surface area contributed by atoms with Gasteiger partial charge in [0.15, 0.2) is 16.6 Å². The smallest absolute Gasteiger partial charge is 0.173 e. The highest BCUT2D eigenvalue weighted by Crippen LogP contribution is 2.23. The van der Waals surface area contributed by atoms with Crippen LogP contribution in [-0.2, 0) is 4.12 Å². The lowest BCUT2D eigenvalue weighted by molar-refractivity contribution is 0.537. The minimum absolute atomic E-state index is 1.03. The van der Waals surface area contributed by atoms with Gasteiger partial charge < -0.3 is 15.6 Å². The summed E-state index contributed by atoms with van der Waals surface area (Å²) in [5.74, 6) is 0. The first-order valence-corrected chi connectivity index (χ1v) is 12.5. The first kappa shape index (κ1) is 16.5. The molecule has 0 aromatic heterocycles. The Morgan fingerprint density at radius 1 is 0.824 bits per heavy atom. The van der Waals surface area contributed by atoms with E-state index >= 15 is 0 Å². The standard InChI is InChI=1S/C12H28N2OSi2/c1-16(2,11-7-5-9-13)15-17(3,4)12-8-6-10-14/h5-6,9-10H,7-8,11-14H2,1-4H3. The van der Waals surface area contributed by atoms with E-state index < -0.39 is 16.6 Å². The highest BCUT2D eigenvalue weighted by Gasteiger charge is 2.31. The van der Waals surface area contributed by atoms with Gasteiger partial charge in [0.25, 0.3) is 0 Å². The number of hydrogen-bond donors (Lipinski definition) is 2. The van der Waals surface area contributed by atoms with Gasteiger partial charge in [-0.1, -0.05) is 12.2 Å². The maximum Gasteiger partial charge on any atom is 0.173 e. The summed E-state index contributed by atoms with van der Waals surface area (Å²) in [6.07, 6.45) is 9.34. The van der Waals surface area contributed by atoms with Gasteiger partial charge in [-0.3, -0.25) is 0 Å². The van der Waals surface area contributed by atoms with Gasteiger partial charge in [-0.25, -0.2) is 0 Å². The number of rotatable bonds is 8. The van der Waals surface area contributed by atoms with Crippen molar-refractivity contribution in [3.8, 4) is 0 Å². The molecule has 0 heterocycles. The number of hydrogen-bond acceptors (Lipinski definition) is 3. The zero-order valence-electron chi connectivity index (χ0n) is 11.7. The van der Waals surface area contributed by atoms with Gasteiger partial charge in [0.05, 0.1) is 0 Å². The second kappa shape index (κ2) is 7.73. The molecule has 17 heavy (non-hydrogen) atoms. The first-order chi connectivity index (χ1) is 7.83. The minimum atomic E-state index is -1.54. The Morgan fingerprint density at radius 2 is 1.18 bits per heavy atom. The maximum absolute atomic E-state index is 6.45. The van der Waals surface area contributed by atoms with Gasteiger partial charge in [0.1, 0.15) is 0 Å². The summed E-state index contributed by atoms with van der Waals surface area (Å²) in [4.78, 5) is 0. The normalized spacial score (nSPS) is 13.9. The molecule has 100 valence electrons. The van der Waals surface area contributed by atoms with Crippen LogP contribution in [0.3, 0.4) is 0 Å². The van der Waals surface area contributed by atoms with Gasteiger partial charge >= 0.3 is 0 Å². The predicted molar refractivity (Wildman–Crippen MR) is 81.6 cm³/mol. The summed E-state index contributed by atoms with van der Waals surface area (Å²) in [6, 6.07) is 2.29. The lowest BCUT2D eigenvalue weighted by Crippen LogP contribution is -2.44. The Kier molecular flexibility index (Phi) is 7.49. The van der Waals surface area contributed by atoms with E-state index in [-0.39, 0.29) is 0 Å². The highest BCUT2D eigenvalue weighted by atomic mass is 28.4. The average Bonchev–Trinajstić information content (AvgIpc) is 2.16. The molecule has 0 bridgehead atoms. The van der Waals surface area contributed by atoms with E-state index in [4.69, 9.17) is 15.6 Å². The molecule has 0 aliphatic carbocycles. The van der Waals surface area contributed by atoms with Crippen molar-refractivity contribution in [3.05, 3.63) is 24.6 Å². The Morgan fingerprint density at radius 3 is 1.47 bits per heavy atom. The molecule has 0 saturated heterocycles. The van der Waals surface area contributed by atoms with Crippen LogP contribution in [0.4, 0.5) is 0 Å². The van der Waals surface area contributed by atoms with Crippen LogP contribution in [0.15, 0.2) is 24.6 Å². The van der Waals surface area contributed by atoms with Crippen LogP contribution in [0, 0.1) is 0 Å². The third-order valence-corrected chi connectivity index (χ3v) is 10.1. The van der Waals surface area contributed by atoms with E-state index in [9.17, 15) is 0 Å². The fraction of sp³-hybridized carbons (Fsp3) is 0.667. The van der Waals surface area contributed by atoms with Crippen molar-refractivity contribution in [1.82, 2.24) is 0 Å². The van der Waals surface area contributed by atoms with Crippen molar-refractivity contribution in [2.24, 2.45) is 11.5 Å². The second-order valence-corrected chi connectivity index (χ2v) is 14.4. The van der Waals surface area contributed by atoms with E-state index in [0.29, 0.717) is 0 Å². The number of allylic oxidation sites excluding steroid dienone is 2. The molecular formula is C12H28N2OSi2. The van der Waals surface area contributed by atoms with Crippen molar-refractivity contribution in [3.63, 3.8) is 0 Å². The molecule has 0 amide bonds. The molecule has 0 radical (unpaired) electrons. The van der Waals surface area contributed by atoms with Crippen molar-refractivity contribution in [1.29, 1.82) is 0 Å². The molecule has 0 saturated carbocycles. The Balaban J connectivity index is 4.16. The van der Waals surface area contributed by atoms with Crippen LogP contribution in [0.2, 0.25) is 38.3 Å². The number of nitrogens with two attached hydrogens (primary N) is 2. The molecule has 0 spiro atoms. The fourth-order valence-electron chi connectivity index (χ4n) is 1.90. The highest BCUT2D eigenvalue weighted by molar-refractivity contribution is 6.84. The summed E-state index contributed by atoms with van der Waals surface area (Å²) in [5.41, 5.74) is 10.7. The predicted octanol–water partition coefficient (Wildman–Crippen LogP) is 3.14. The molecule has 0 aromatic rings. The SMILES string of the molecule is C[Si](C)(CCC=CN)O[Si](C)(C)CCC=CN. The quantitative estimate of drug-likeness (QED) is 0.667. The largest absolute Gasteiger partial charge is 0.455 e. The van der Waals surface area contributed by atoms with E-state index in [1.807, 2.05) is 12.2 Å². The first-order valence-electron chi connectivity index (χ1n) is 6.27. The lowest BCUT2D eigenvalue weighted by Gasteiger charge is -2.33. The van der Waals surface area contributed by atoms with Crippen molar-refractivity contribution in [2.45, 2.75) is 51.1 Å². The summed E-state index contributed by atoms with van der Waals surface area (Å²) >= 11 is 0. The third kappa shape index (κ3) is 9.20. The summed E-state index contributed by atoms with van der Waals surface area (Å²) in [5, 5.41) is 0. The molecule has 0 aromatic carbocycles. The van der Waals surface area contributed by atoms with Crippen LogP contribution >= 0.6 is 0 Å². The Hall–Kier alpha value is -0.526. The van der Waals surface area contributed by atoms with Gasteiger partial charge in [-0.05, 0) is 63.5 Å². The zero-order chi connectivity index (χ0) is 13.4. The van der Waals surface area contributed by atoms with E-state index in [0.717, 1.165) is 24.9 Å². The lowest BCUT2D eigenvalue weighted by atomic mass is 10.5. The van der Waals surface area contributed by atoms with Gasteiger partial charge in [-0.15, -0.1) is 0 Å². The van der Waals surface area contributed by atoms with Crippen LogP contribution in [0.25, 0.3) is 0 Å². The van der Waals surface area contributed by atoms with E-state index in [1.165, 1.54) is 0 Å². The van der Waals surface area contributed by atoms with Gasteiger partial charge in [-0.2, -0.15) is 0 Å². The summed E-state index contributed by atoms with van der Waals surface area (Å²) in [6.45, 7) is 9.19. The molecule has 0 aliphatic heterocycles. The van der Waals surface area contributed by atoms with Crippen LogP contribution in [0.1, 0.15) is 12.8 Å². The fourth-order valence-corrected chi connectivity index (χ4v) is 10.4. The van der Waals surface area contributed by atoms with Gasteiger partial charge in [0, 0.05) is 0 Å². The topological polar surface area (TPSA) is 61.3 Å². The molecular weight excluding hydrogens is 244 g/mol. The zero-order valence-corrected chi connectivity index (χ0v) is 13.7. The molecule has 0 atom stereocenters. The summed E-state index contributed by atoms with van der Waals surface area (Å²) < 4.78 is 6.45. The Bertz CT molecular complexity index is 237. The van der Waals surface area contributed by atoms with Gasteiger partial charge in [0.2, 0.25) is 0 Å². The molecule has 4 N–H and O–H groups in total. The maximum atomic E-state index is 6.45. The monoisotopic (exact) mass is 272 g/mol. The molecule has 0 aliphatic rings. The average molecular weight is 273 g/mol. The Labute approximate surface area is 108 Å². The molecule has 0 fully saturated rings. The van der Waals surface area contributed by atoms with Crippen molar-refractivity contribution < 1.29 is 4.12 Å². The second-order valence-electron chi connectivity index (χ2n) is 5.56. The van der Waals surface area contributed by atoms with Crippen molar-refractivity contribution >= 4 is 16.6 Å². The van der Waals surface area contributed by atoms with E-state index in [2.05, 4.69) is 26.2 Å². The van der Waals surface area contributed by atoms with Crippen LogP contribution in [0.5, 0.6) is 0 Å². The molecule has 0 unspecified atom stereocenters. The minimum Gasteiger partial charge on any atom is -0.455 e. The van der Waals surface area contributed by atoms with Crippen molar-refractivity contribution in [2.75, 3.05) is 0 Å². The molecule has 5 heteroatoms. The van der Waals surface area contributed by atoms with E-state index in [1.54, 1.807) is 12.4 Å². The molecule has 3 nitrogen and oxygen atoms in total. The van der Waals surface area contributed by atoms with Crippen LogP contribution < -0.4 is 11.5 Å². The third-order valence-electron chi connectivity index (χ3n) is 2.65. The molecule has 0 rings (SSSR count). The van der Waals surface area contributed by atoms with Crippen LogP contribution in [-0.4, -0.2) is 16.6 Å². The summed E-state index contributed by atoms with van der Waals surface area (Å²) in [7, 11) is -3.07.